The molecule has 2 aromatic heterocycles. The first-order chi connectivity index (χ1) is 15.4. The van der Waals surface area contributed by atoms with E-state index in [4.69, 9.17) is 16.3 Å². The Morgan fingerprint density at radius 1 is 1.19 bits per heavy atom. The van der Waals surface area contributed by atoms with E-state index in [2.05, 4.69) is 24.9 Å². The van der Waals surface area contributed by atoms with Gasteiger partial charge in [0.25, 0.3) is 0 Å². The maximum absolute atomic E-state index is 13.3. The van der Waals surface area contributed by atoms with Crippen LogP contribution >= 0.6 is 11.6 Å². The molecule has 1 aliphatic rings. The third kappa shape index (κ3) is 4.92. The smallest absolute Gasteiger partial charge is 0.240 e. The Labute approximate surface area is 192 Å². The maximum Gasteiger partial charge on any atom is 0.240 e. The lowest BCUT2D eigenvalue weighted by Gasteiger charge is -2.23. The van der Waals surface area contributed by atoms with Crippen LogP contribution in [-0.4, -0.2) is 45.0 Å². The highest BCUT2D eigenvalue weighted by Gasteiger charge is 2.36. The van der Waals surface area contributed by atoms with E-state index < -0.39 is 21.4 Å². The molecular formula is C21H25ClN6O3S. The van der Waals surface area contributed by atoms with Crippen molar-refractivity contribution in [3.63, 3.8) is 0 Å². The van der Waals surface area contributed by atoms with Gasteiger partial charge in [-0.05, 0) is 26.2 Å². The average Bonchev–Trinajstić information content (AvgIpc) is 3.55. The molecule has 1 aromatic carbocycles. The van der Waals surface area contributed by atoms with Crippen LogP contribution in [0.4, 0.5) is 5.95 Å². The molecule has 32 heavy (non-hydrogen) atoms. The number of anilines is 1. The average molecular weight is 477 g/mol. The molecule has 2 heterocycles. The van der Waals surface area contributed by atoms with E-state index >= 15 is 0 Å². The molecule has 1 N–H and O–H groups in total. The Morgan fingerprint density at radius 2 is 1.88 bits per heavy atom. The highest BCUT2D eigenvalue weighted by molar-refractivity contribution is 7.93. The molecular weight excluding hydrogens is 452 g/mol. The zero-order valence-electron chi connectivity index (χ0n) is 17.8. The quantitative estimate of drug-likeness (QED) is 0.470. The van der Waals surface area contributed by atoms with E-state index in [9.17, 15) is 8.42 Å². The molecule has 2 atom stereocenters. The molecule has 3 aromatic rings. The predicted octanol–water partition coefficient (Wildman–Crippen LogP) is 4.02. The van der Waals surface area contributed by atoms with Crippen LogP contribution in [0.25, 0.3) is 11.4 Å². The first-order valence-electron chi connectivity index (χ1n) is 10.5. The van der Waals surface area contributed by atoms with Gasteiger partial charge < -0.3 is 4.74 Å². The number of sulfonamides is 1. The van der Waals surface area contributed by atoms with Gasteiger partial charge in [-0.1, -0.05) is 48.9 Å². The summed E-state index contributed by atoms with van der Waals surface area (Å²) in [5.74, 6) is 1.09. The van der Waals surface area contributed by atoms with Crippen LogP contribution in [0.2, 0.25) is 5.02 Å². The highest BCUT2D eigenvalue weighted by atomic mass is 35.5. The van der Waals surface area contributed by atoms with Gasteiger partial charge in [-0.3, -0.25) is 9.29 Å². The van der Waals surface area contributed by atoms with Crippen LogP contribution < -0.4 is 4.72 Å². The van der Waals surface area contributed by atoms with E-state index in [1.54, 1.807) is 6.92 Å². The second-order valence-electron chi connectivity index (χ2n) is 7.72. The topological polar surface area (TPSA) is 112 Å². The summed E-state index contributed by atoms with van der Waals surface area (Å²) < 4.78 is 37.0. The van der Waals surface area contributed by atoms with Gasteiger partial charge in [0.2, 0.25) is 16.0 Å². The van der Waals surface area contributed by atoms with Gasteiger partial charge >= 0.3 is 0 Å². The van der Waals surface area contributed by atoms with Crippen LogP contribution in [0.5, 0.6) is 0 Å². The Bertz CT molecular complexity index is 1150. The number of hydrogen-bond donors (Lipinski definition) is 1. The Kier molecular flexibility index (Phi) is 6.73. The van der Waals surface area contributed by atoms with Crippen LogP contribution in [0.15, 0.2) is 42.7 Å². The van der Waals surface area contributed by atoms with Crippen LogP contribution in [0.1, 0.15) is 51.1 Å². The normalized spacial score (nSPS) is 16.0. The molecule has 170 valence electrons. The number of rotatable bonds is 10. The highest BCUT2D eigenvalue weighted by Crippen LogP contribution is 2.40. The minimum Gasteiger partial charge on any atom is -0.369 e. The van der Waals surface area contributed by atoms with Gasteiger partial charge in [-0.15, -0.1) is 10.2 Å². The van der Waals surface area contributed by atoms with E-state index in [0.29, 0.717) is 17.5 Å². The monoisotopic (exact) mass is 476 g/mol. The lowest BCUT2D eigenvalue weighted by Crippen LogP contribution is -2.34. The van der Waals surface area contributed by atoms with E-state index in [0.717, 1.165) is 24.8 Å². The Morgan fingerprint density at radius 3 is 2.50 bits per heavy atom. The maximum atomic E-state index is 13.3. The van der Waals surface area contributed by atoms with Gasteiger partial charge in [-0.2, -0.15) is 0 Å². The van der Waals surface area contributed by atoms with E-state index in [1.165, 1.54) is 12.4 Å². The van der Waals surface area contributed by atoms with Gasteiger partial charge in [0.1, 0.15) is 11.4 Å². The lowest BCUT2D eigenvalue weighted by molar-refractivity contribution is 0.0466. The number of halogens is 1. The van der Waals surface area contributed by atoms with E-state index in [-0.39, 0.29) is 17.8 Å². The summed E-state index contributed by atoms with van der Waals surface area (Å²) in [4.78, 5) is 8.36. The van der Waals surface area contributed by atoms with Crippen molar-refractivity contribution < 1.29 is 13.2 Å². The summed E-state index contributed by atoms with van der Waals surface area (Å²) >= 11 is 5.89. The van der Waals surface area contributed by atoms with Gasteiger partial charge in [0.15, 0.2) is 11.6 Å². The van der Waals surface area contributed by atoms with Crippen molar-refractivity contribution >= 4 is 27.6 Å². The fraction of sp³-hybridized carbons (Fsp3) is 0.429. The molecule has 1 fully saturated rings. The molecule has 0 bridgehead atoms. The largest absolute Gasteiger partial charge is 0.369 e. The van der Waals surface area contributed by atoms with Gasteiger partial charge in [0.05, 0.1) is 5.02 Å². The van der Waals surface area contributed by atoms with Gasteiger partial charge in [-0.25, -0.2) is 18.4 Å². The molecule has 0 unspecified atom stereocenters. The first-order valence-corrected chi connectivity index (χ1v) is 12.4. The molecule has 0 spiro atoms. The second kappa shape index (κ2) is 9.51. The summed E-state index contributed by atoms with van der Waals surface area (Å²) in [6.07, 6.45) is 4.60. The minimum atomic E-state index is -3.91. The van der Waals surface area contributed by atoms with E-state index in [1.807, 2.05) is 41.8 Å². The van der Waals surface area contributed by atoms with Gasteiger partial charge in [0, 0.05) is 30.6 Å². The molecule has 4 rings (SSSR count). The SMILES string of the molecule is CCCO[C@@H](c1ncc(Cl)cn1)[C@H](C)S(=O)(=O)Nc1nnc(-c2ccccc2)n1C1CC1. The number of nitrogens with one attached hydrogen (secondary N) is 1. The Balaban J connectivity index is 1.63. The number of nitrogens with zero attached hydrogens (tertiary/aromatic N) is 5. The van der Waals surface area contributed by atoms with Crippen molar-refractivity contribution in [1.82, 2.24) is 24.7 Å². The summed E-state index contributed by atoms with van der Waals surface area (Å²) in [6, 6.07) is 9.76. The van der Waals surface area contributed by atoms with Crippen molar-refractivity contribution in [2.24, 2.45) is 0 Å². The third-order valence-corrected chi connectivity index (χ3v) is 7.07. The minimum absolute atomic E-state index is 0.167. The van der Waals surface area contributed by atoms with Crippen LogP contribution in [-0.2, 0) is 14.8 Å². The molecule has 1 aliphatic carbocycles. The number of ether oxygens (including phenoxy) is 1. The zero-order chi connectivity index (χ0) is 22.7. The predicted molar refractivity (Wildman–Crippen MR) is 122 cm³/mol. The molecule has 0 aliphatic heterocycles. The fourth-order valence-electron chi connectivity index (χ4n) is 3.34. The lowest BCUT2D eigenvalue weighted by atomic mass is 10.2. The number of aromatic nitrogens is 5. The first kappa shape index (κ1) is 22.6. The summed E-state index contributed by atoms with van der Waals surface area (Å²) in [5.41, 5.74) is 0.879. The molecule has 0 amide bonds. The summed E-state index contributed by atoms with van der Waals surface area (Å²) in [7, 11) is -3.91. The number of hydrogen-bond acceptors (Lipinski definition) is 7. The third-order valence-electron chi connectivity index (χ3n) is 5.19. The molecule has 0 saturated heterocycles. The molecule has 11 heteroatoms. The van der Waals surface area contributed by atoms with Crippen molar-refractivity contribution in [1.29, 1.82) is 0 Å². The van der Waals surface area contributed by atoms with Crippen molar-refractivity contribution in [2.75, 3.05) is 11.3 Å². The number of benzene rings is 1. The van der Waals surface area contributed by atoms with Crippen LogP contribution in [0, 0.1) is 0 Å². The standard InChI is InChI=1S/C21H25ClN6O3S/c1-3-11-31-18(19-23-12-16(22)13-24-19)14(2)32(29,30)27-21-26-25-20(28(21)17-9-10-17)15-7-5-4-6-8-15/h4-8,12-14,17-18H,3,9-11H2,1-2H3,(H,26,27)/t14-,18+/m0/s1. The molecule has 9 nitrogen and oxygen atoms in total. The van der Waals surface area contributed by atoms with Crippen LogP contribution in [0.3, 0.4) is 0 Å². The fourth-order valence-corrected chi connectivity index (χ4v) is 4.54. The second-order valence-corrected chi connectivity index (χ2v) is 10.2. The summed E-state index contributed by atoms with van der Waals surface area (Å²) in [6.45, 7) is 3.88. The van der Waals surface area contributed by atoms with Crippen molar-refractivity contribution in [3.05, 3.63) is 53.6 Å². The molecule has 1 saturated carbocycles. The zero-order valence-corrected chi connectivity index (χ0v) is 19.4. The summed E-state index contributed by atoms with van der Waals surface area (Å²) in [5, 5.41) is 7.81. The Hall–Kier alpha value is -2.56. The van der Waals surface area contributed by atoms with Crippen molar-refractivity contribution in [2.45, 2.75) is 50.5 Å². The van der Waals surface area contributed by atoms with Crippen molar-refractivity contribution in [3.8, 4) is 11.4 Å². The molecule has 0 radical (unpaired) electrons.